The summed E-state index contributed by atoms with van der Waals surface area (Å²) in [5.74, 6) is -4.11. The van der Waals surface area contributed by atoms with Crippen LogP contribution in [0.5, 0.6) is 0 Å². The molecule has 1 aliphatic rings. The van der Waals surface area contributed by atoms with Gasteiger partial charge >= 0.3 is 5.97 Å². The lowest BCUT2D eigenvalue weighted by atomic mass is 10.1. The van der Waals surface area contributed by atoms with E-state index in [1.54, 1.807) is 29.8 Å². The van der Waals surface area contributed by atoms with Crippen molar-refractivity contribution >= 4 is 77.1 Å². The number of thiazole rings is 1. The summed E-state index contributed by atoms with van der Waals surface area (Å²) in [6.07, 6.45) is 4.43. The van der Waals surface area contributed by atoms with Crippen LogP contribution in [0.15, 0.2) is 23.2 Å². The van der Waals surface area contributed by atoms with Crippen molar-refractivity contribution in [1.29, 1.82) is 0 Å². The molecule has 0 saturated heterocycles. The molecule has 192 valence electrons. The first-order valence-electron chi connectivity index (χ1n) is 11.1. The van der Waals surface area contributed by atoms with Crippen molar-refractivity contribution in [2.75, 3.05) is 23.9 Å². The molecule has 1 aromatic carbocycles. The number of nitrogens with zero attached hydrogens (tertiary/aromatic N) is 2. The lowest BCUT2D eigenvalue weighted by Gasteiger charge is -2.07. The predicted octanol–water partition coefficient (Wildman–Crippen LogP) is 3.49. The number of esters is 1. The Morgan fingerprint density at radius 3 is 2.64 bits per heavy atom. The topological polar surface area (TPSA) is 124 Å². The number of sulfone groups is 1. The van der Waals surface area contributed by atoms with Gasteiger partial charge in [0.25, 0.3) is 5.91 Å². The van der Waals surface area contributed by atoms with Crippen LogP contribution in [0.2, 0.25) is 5.02 Å². The Labute approximate surface area is 220 Å². The van der Waals surface area contributed by atoms with Gasteiger partial charge in [0, 0.05) is 16.9 Å². The van der Waals surface area contributed by atoms with Gasteiger partial charge in [0.05, 0.1) is 22.9 Å². The fraction of sp³-hybridized carbons (Fsp3) is 0.391. The third kappa shape index (κ3) is 5.88. The van der Waals surface area contributed by atoms with Crippen LogP contribution < -0.4 is 10.1 Å². The number of carbonyl (C=O) groups is 3. The molecule has 3 aromatic rings. The quantitative estimate of drug-likeness (QED) is 0.358. The first-order chi connectivity index (χ1) is 17.1. The predicted molar refractivity (Wildman–Crippen MR) is 141 cm³/mol. The zero-order chi connectivity index (χ0) is 26.0. The molecule has 36 heavy (non-hydrogen) atoms. The van der Waals surface area contributed by atoms with Crippen LogP contribution in [0.4, 0.5) is 5.00 Å². The van der Waals surface area contributed by atoms with Gasteiger partial charge in [0.2, 0.25) is 5.91 Å². The maximum atomic E-state index is 12.6. The average Bonchev–Trinajstić information content (AvgIpc) is 3.17. The molecule has 13 heteroatoms. The largest absolute Gasteiger partial charge is 0.465 e. The average molecular weight is 570 g/mol. The van der Waals surface area contributed by atoms with E-state index in [0.29, 0.717) is 16.2 Å². The number of rotatable bonds is 6. The molecule has 2 amide bonds. The Morgan fingerprint density at radius 1 is 1.14 bits per heavy atom. The summed E-state index contributed by atoms with van der Waals surface area (Å²) in [4.78, 5) is 42.7. The highest BCUT2D eigenvalue weighted by molar-refractivity contribution is 7.92. The van der Waals surface area contributed by atoms with Crippen molar-refractivity contribution in [2.45, 2.75) is 32.1 Å². The number of carbonyl (C=O) groups excluding carboxylic acids is 3. The number of aryl methyl sites for hydroxylation is 2. The van der Waals surface area contributed by atoms with Crippen molar-refractivity contribution < 1.29 is 27.5 Å². The summed E-state index contributed by atoms with van der Waals surface area (Å²) in [6.45, 7) is 0. The third-order valence-corrected chi connectivity index (χ3v) is 9.68. The number of hydrogen-bond acceptors (Lipinski definition) is 8. The van der Waals surface area contributed by atoms with E-state index in [0.717, 1.165) is 46.3 Å². The Kier molecular flexibility index (Phi) is 7.98. The fourth-order valence-electron chi connectivity index (χ4n) is 4.10. The van der Waals surface area contributed by atoms with Crippen LogP contribution in [0.3, 0.4) is 0 Å². The fourth-order valence-corrected chi connectivity index (χ4v) is 7.72. The van der Waals surface area contributed by atoms with Crippen molar-refractivity contribution in [1.82, 2.24) is 4.57 Å². The SMILES string of the molecule is COC(=O)c1c(NC(=O)CS(=O)(=O)CC(=O)N=c2sc3cc(Cl)ccc3n2C)sc2c1CCCCC2. The highest BCUT2D eigenvalue weighted by Crippen LogP contribution is 2.38. The van der Waals surface area contributed by atoms with Gasteiger partial charge in [-0.15, -0.1) is 11.3 Å². The van der Waals surface area contributed by atoms with E-state index in [2.05, 4.69) is 10.3 Å². The van der Waals surface area contributed by atoms with Crippen LogP contribution in [0, 0.1) is 0 Å². The van der Waals surface area contributed by atoms with Gasteiger partial charge in [-0.1, -0.05) is 29.4 Å². The lowest BCUT2D eigenvalue weighted by molar-refractivity contribution is -0.115. The third-order valence-electron chi connectivity index (χ3n) is 5.75. The van der Waals surface area contributed by atoms with Crippen molar-refractivity contribution in [3.05, 3.63) is 44.0 Å². The molecule has 2 heterocycles. The molecule has 0 radical (unpaired) electrons. The number of anilines is 1. The maximum absolute atomic E-state index is 12.6. The summed E-state index contributed by atoms with van der Waals surface area (Å²) in [5.41, 5.74) is 1.94. The van der Waals surface area contributed by atoms with E-state index in [-0.39, 0.29) is 10.6 Å². The second-order valence-corrected chi connectivity index (χ2v) is 13.0. The maximum Gasteiger partial charge on any atom is 0.341 e. The Hall–Kier alpha value is -2.54. The number of halogens is 1. The summed E-state index contributed by atoms with van der Waals surface area (Å²) >= 11 is 8.48. The van der Waals surface area contributed by atoms with Crippen molar-refractivity contribution in [2.24, 2.45) is 12.0 Å². The van der Waals surface area contributed by atoms with Gasteiger partial charge in [0.15, 0.2) is 14.6 Å². The second-order valence-electron chi connectivity index (χ2n) is 8.40. The molecule has 1 aliphatic carbocycles. The molecule has 4 rings (SSSR count). The number of fused-ring (bicyclic) bond motifs is 2. The van der Waals surface area contributed by atoms with E-state index in [9.17, 15) is 22.8 Å². The van der Waals surface area contributed by atoms with Gasteiger partial charge in [-0.25, -0.2) is 13.2 Å². The van der Waals surface area contributed by atoms with Crippen molar-refractivity contribution in [3.63, 3.8) is 0 Å². The zero-order valence-electron chi connectivity index (χ0n) is 19.6. The molecule has 0 fully saturated rings. The van der Waals surface area contributed by atoms with Crippen LogP contribution in [0.25, 0.3) is 10.2 Å². The molecule has 1 N–H and O–H groups in total. The first-order valence-corrected chi connectivity index (χ1v) is 15.0. The normalized spacial score (nSPS) is 14.4. The van der Waals surface area contributed by atoms with Gasteiger partial charge in [-0.2, -0.15) is 4.99 Å². The molecular formula is C23H24ClN3O6S3. The van der Waals surface area contributed by atoms with E-state index in [4.69, 9.17) is 16.3 Å². The molecular weight excluding hydrogens is 546 g/mol. The first kappa shape index (κ1) is 26.5. The molecule has 0 saturated carbocycles. The van der Waals surface area contributed by atoms with E-state index >= 15 is 0 Å². The number of amides is 2. The lowest BCUT2D eigenvalue weighted by Crippen LogP contribution is -2.28. The number of ether oxygens (including phenoxy) is 1. The number of hydrogen-bond donors (Lipinski definition) is 1. The van der Waals surface area contributed by atoms with E-state index in [1.165, 1.54) is 29.8 Å². The standard InChI is InChI=1S/C23H24ClN3O6S3/c1-27-15-9-8-13(24)10-17(15)35-23(27)26-19(29)12-36(31,32)11-18(28)25-21-20(22(30)33-2)14-6-4-3-5-7-16(14)34-21/h8-10H,3-7,11-12H2,1-2H3,(H,25,28). The Morgan fingerprint density at radius 2 is 1.89 bits per heavy atom. The molecule has 9 nitrogen and oxygen atoms in total. The van der Waals surface area contributed by atoms with Crippen LogP contribution in [0.1, 0.15) is 40.1 Å². The van der Waals surface area contributed by atoms with Gasteiger partial charge < -0.3 is 14.6 Å². The highest BCUT2D eigenvalue weighted by atomic mass is 35.5. The van der Waals surface area contributed by atoms with Crippen molar-refractivity contribution in [3.8, 4) is 0 Å². The zero-order valence-corrected chi connectivity index (χ0v) is 22.8. The van der Waals surface area contributed by atoms with Gasteiger partial charge in [-0.3, -0.25) is 9.59 Å². The monoisotopic (exact) mass is 569 g/mol. The van der Waals surface area contributed by atoms with E-state index < -0.39 is 39.1 Å². The minimum Gasteiger partial charge on any atom is -0.465 e. The summed E-state index contributed by atoms with van der Waals surface area (Å²) in [7, 11) is -1.14. The Bertz CT molecular complexity index is 1530. The summed E-state index contributed by atoms with van der Waals surface area (Å²) < 4.78 is 32.6. The molecule has 0 bridgehead atoms. The van der Waals surface area contributed by atoms with Crippen LogP contribution in [-0.4, -0.2) is 49.4 Å². The molecule has 0 unspecified atom stereocenters. The number of benzene rings is 1. The summed E-state index contributed by atoms with van der Waals surface area (Å²) in [5, 5.41) is 3.37. The highest BCUT2D eigenvalue weighted by Gasteiger charge is 2.28. The number of thiophene rings is 1. The number of nitrogens with one attached hydrogen (secondary N) is 1. The molecule has 2 aromatic heterocycles. The molecule has 0 atom stereocenters. The smallest absolute Gasteiger partial charge is 0.341 e. The van der Waals surface area contributed by atoms with Gasteiger partial charge in [-0.05, 0) is 49.4 Å². The number of methoxy groups -OCH3 is 1. The number of aromatic nitrogens is 1. The van der Waals surface area contributed by atoms with Crippen LogP contribution >= 0.6 is 34.3 Å². The van der Waals surface area contributed by atoms with E-state index in [1.807, 2.05) is 0 Å². The Balaban J connectivity index is 1.49. The van der Waals surface area contributed by atoms with Crippen LogP contribution in [-0.2, 0) is 44.1 Å². The minimum absolute atomic E-state index is 0.279. The summed E-state index contributed by atoms with van der Waals surface area (Å²) in [6, 6.07) is 5.23. The second kappa shape index (κ2) is 10.8. The minimum atomic E-state index is -4.11. The molecule has 0 spiro atoms. The van der Waals surface area contributed by atoms with Gasteiger partial charge in [0.1, 0.15) is 16.5 Å². The molecule has 0 aliphatic heterocycles.